The first kappa shape index (κ1) is 23.6. The van der Waals surface area contributed by atoms with Gasteiger partial charge in [0.05, 0.1) is 11.5 Å². The number of nitrogens with zero attached hydrogens (tertiary/aromatic N) is 1. The van der Waals surface area contributed by atoms with Gasteiger partial charge in [-0.15, -0.1) is 0 Å². The molecule has 29 heavy (non-hydrogen) atoms. The molecule has 0 amide bonds. The first-order valence-corrected chi connectivity index (χ1v) is 12.5. The summed E-state index contributed by atoms with van der Waals surface area (Å²) < 4.78 is 17.5. The summed E-state index contributed by atoms with van der Waals surface area (Å²) in [5.41, 5.74) is 0.272. The van der Waals surface area contributed by atoms with Crippen LogP contribution in [-0.2, 0) is 18.7 Å². The Morgan fingerprint density at radius 2 is 1.86 bits per heavy atom. The van der Waals surface area contributed by atoms with Crippen LogP contribution in [0.4, 0.5) is 5.69 Å². The highest BCUT2D eigenvalue weighted by Crippen LogP contribution is 2.39. The summed E-state index contributed by atoms with van der Waals surface area (Å²) in [5.74, 6) is -1.29. The molecule has 0 spiro atoms. The van der Waals surface area contributed by atoms with Crippen LogP contribution in [0.2, 0.25) is 18.1 Å². The van der Waals surface area contributed by atoms with Crippen molar-refractivity contribution in [3.63, 3.8) is 0 Å². The van der Waals surface area contributed by atoms with Gasteiger partial charge in [0, 0.05) is 12.1 Å². The fourth-order valence-corrected chi connectivity index (χ4v) is 3.98. The average molecular weight is 426 g/mol. The lowest BCUT2D eigenvalue weighted by Crippen LogP contribution is -2.50. The third-order valence-corrected chi connectivity index (χ3v) is 10.0. The number of benzene rings is 1. The zero-order valence-corrected chi connectivity index (χ0v) is 19.1. The summed E-state index contributed by atoms with van der Waals surface area (Å²) in [7, 11) is -2.43. The molecule has 0 unspecified atom stereocenters. The SMILES string of the molecule is CC1(C)OC[C@@H](C(=O)[C@H](O[Si](C)(C)C(C)(C)C)[C@@H](O)c2ccc([N+](=O)[O-])cc2)O1. The third-order valence-electron chi connectivity index (χ3n) is 5.57. The molecule has 1 aliphatic heterocycles. The maximum absolute atomic E-state index is 13.3. The quantitative estimate of drug-likeness (QED) is 0.403. The Morgan fingerprint density at radius 1 is 1.31 bits per heavy atom. The number of hydrogen-bond acceptors (Lipinski definition) is 7. The highest BCUT2D eigenvalue weighted by molar-refractivity contribution is 6.74. The van der Waals surface area contributed by atoms with E-state index in [-0.39, 0.29) is 17.3 Å². The van der Waals surface area contributed by atoms with Gasteiger partial charge in [-0.05, 0) is 49.7 Å². The largest absolute Gasteiger partial charge is 0.404 e. The number of rotatable bonds is 7. The molecular formula is C20H31NO7Si. The van der Waals surface area contributed by atoms with Crippen LogP contribution in [0.3, 0.4) is 0 Å². The summed E-state index contributed by atoms with van der Waals surface area (Å²) in [6.45, 7) is 13.6. The second-order valence-electron chi connectivity index (χ2n) is 9.31. The molecule has 1 fully saturated rings. The first-order chi connectivity index (χ1) is 13.1. The lowest BCUT2D eigenvalue weighted by atomic mass is 9.98. The molecule has 1 heterocycles. The fraction of sp³-hybridized carbons (Fsp3) is 0.650. The number of aliphatic hydroxyl groups excluding tert-OH is 1. The van der Waals surface area contributed by atoms with Crippen molar-refractivity contribution in [1.29, 1.82) is 0 Å². The molecule has 9 heteroatoms. The van der Waals surface area contributed by atoms with Gasteiger partial charge in [-0.25, -0.2) is 0 Å². The number of hydrogen-bond donors (Lipinski definition) is 1. The summed E-state index contributed by atoms with van der Waals surface area (Å²) in [6.07, 6.45) is -3.31. The molecule has 8 nitrogen and oxygen atoms in total. The standard InChI is InChI=1S/C20H31NO7Si/c1-19(2,3)29(6,7)28-18(17(23)15-12-26-20(4,5)27-15)16(22)13-8-10-14(11-9-13)21(24)25/h8-11,15-16,18,22H,12H2,1-7H3/t15-,16-,18+/m0/s1. The van der Waals surface area contributed by atoms with Crippen molar-refractivity contribution in [2.45, 2.75) is 76.8 Å². The zero-order valence-electron chi connectivity index (χ0n) is 18.1. The second kappa shape index (κ2) is 8.23. The van der Waals surface area contributed by atoms with Crippen LogP contribution in [-0.4, -0.2) is 48.7 Å². The summed E-state index contributed by atoms with van der Waals surface area (Å²) in [6, 6.07) is 5.47. The Bertz CT molecular complexity index is 755. The van der Waals surface area contributed by atoms with Gasteiger partial charge < -0.3 is 19.0 Å². The minimum absolute atomic E-state index is 0.0795. The van der Waals surface area contributed by atoms with Crippen molar-refractivity contribution in [2.24, 2.45) is 0 Å². The van der Waals surface area contributed by atoms with Crippen LogP contribution in [0.15, 0.2) is 24.3 Å². The van der Waals surface area contributed by atoms with E-state index in [0.717, 1.165) is 0 Å². The van der Waals surface area contributed by atoms with E-state index in [2.05, 4.69) is 0 Å². The zero-order chi connectivity index (χ0) is 22.2. The van der Waals surface area contributed by atoms with Gasteiger partial charge in [0.1, 0.15) is 18.3 Å². The van der Waals surface area contributed by atoms with Crippen molar-refractivity contribution in [3.8, 4) is 0 Å². The smallest absolute Gasteiger partial charge is 0.269 e. The molecule has 0 saturated carbocycles. The Kier molecular flexibility index (Phi) is 6.71. The van der Waals surface area contributed by atoms with Crippen LogP contribution in [0.25, 0.3) is 0 Å². The average Bonchev–Trinajstić information content (AvgIpc) is 2.97. The Hall–Kier alpha value is -1.65. The number of ketones is 1. The molecule has 0 aliphatic carbocycles. The van der Waals surface area contributed by atoms with Gasteiger partial charge in [-0.1, -0.05) is 20.8 Å². The Balaban J connectivity index is 2.35. The number of ether oxygens (including phenoxy) is 2. The van der Waals surface area contributed by atoms with Gasteiger partial charge in [0.15, 0.2) is 19.9 Å². The van der Waals surface area contributed by atoms with Gasteiger partial charge >= 0.3 is 0 Å². The lowest BCUT2D eigenvalue weighted by molar-refractivity contribution is -0.384. The maximum Gasteiger partial charge on any atom is 0.269 e. The summed E-state index contributed by atoms with van der Waals surface area (Å²) >= 11 is 0. The van der Waals surface area contributed by atoms with Crippen molar-refractivity contribution in [1.82, 2.24) is 0 Å². The van der Waals surface area contributed by atoms with E-state index in [1.165, 1.54) is 24.3 Å². The van der Waals surface area contributed by atoms with E-state index >= 15 is 0 Å². The number of nitro groups is 1. The number of non-ortho nitro benzene ring substituents is 1. The molecule has 1 aromatic rings. The first-order valence-electron chi connectivity index (χ1n) is 9.60. The molecule has 3 atom stereocenters. The molecule has 162 valence electrons. The number of aliphatic hydroxyl groups is 1. The predicted molar refractivity (Wildman–Crippen MR) is 110 cm³/mol. The van der Waals surface area contributed by atoms with Crippen LogP contribution >= 0.6 is 0 Å². The molecule has 2 rings (SSSR count). The molecular weight excluding hydrogens is 394 g/mol. The number of nitro benzene ring substituents is 1. The topological polar surface area (TPSA) is 108 Å². The monoisotopic (exact) mass is 425 g/mol. The van der Waals surface area contributed by atoms with E-state index in [1.54, 1.807) is 13.8 Å². The van der Waals surface area contributed by atoms with Crippen molar-refractivity contribution < 1.29 is 28.7 Å². The molecule has 0 bridgehead atoms. The third kappa shape index (κ3) is 5.49. The van der Waals surface area contributed by atoms with Gasteiger partial charge in [-0.2, -0.15) is 0 Å². The van der Waals surface area contributed by atoms with E-state index < -0.39 is 43.1 Å². The van der Waals surface area contributed by atoms with Crippen LogP contribution < -0.4 is 0 Å². The molecule has 1 aliphatic rings. The highest BCUT2D eigenvalue weighted by atomic mass is 28.4. The van der Waals surface area contributed by atoms with Crippen LogP contribution in [0.5, 0.6) is 0 Å². The highest BCUT2D eigenvalue weighted by Gasteiger charge is 2.47. The lowest BCUT2D eigenvalue weighted by Gasteiger charge is -2.40. The molecule has 1 saturated heterocycles. The predicted octanol–water partition coefficient (Wildman–Crippen LogP) is 3.74. The number of Topliss-reactive ketones (excluding diaryl/α,β-unsaturated/α-hetero) is 1. The molecule has 1 N–H and O–H groups in total. The van der Waals surface area contributed by atoms with E-state index in [4.69, 9.17) is 13.9 Å². The van der Waals surface area contributed by atoms with Crippen molar-refractivity contribution in [2.75, 3.05) is 6.61 Å². The minimum atomic E-state index is -2.43. The number of carbonyl (C=O) groups is 1. The molecule has 0 aromatic heterocycles. The Morgan fingerprint density at radius 3 is 2.28 bits per heavy atom. The maximum atomic E-state index is 13.3. The molecule has 0 radical (unpaired) electrons. The normalized spacial score (nSPS) is 21.6. The van der Waals surface area contributed by atoms with Crippen molar-refractivity contribution >= 4 is 19.8 Å². The van der Waals surface area contributed by atoms with Gasteiger partial charge in [-0.3, -0.25) is 14.9 Å². The van der Waals surface area contributed by atoms with Gasteiger partial charge in [0.2, 0.25) is 0 Å². The van der Waals surface area contributed by atoms with Crippen LogP contribution in [0, 0.1) is 10.1 Å². The second-order valence-corrected chi connectivity index (χ2v) is 14.1. The van der Waals surface area contributed by atoms with E-state index in [1.807, 2.05) is 33.9 Å². The van der Waals surface area contributed by atoms with Crippen LogP contribution in [0.1, 0.15) is 46.3 Å². The molecule has 1 aromatic carbocycles. The number of carbonyl (C=O) groups excluding carboxylic acids is 1. The van der Waals surface area contributed by atoms with Crippen molar-refractivity contribution in [3.05, 3.63) is 39.9 Å². The van der Waals surface area contributed by atoms with E-state index in [9.17, 15) is 20.0 Å². The summed E-state index contributed by atoms with van der Waals surface area (Å²) in [5, 5.41) is 21.7. The fourth-order valence-electron chi connectivity index (χ4n) is 2.75. The minimum Gasteiger partial charge on any atom is -0.404 e. The summed E-state index contributed by atoms with van der Waals surface area (Å²) in [4.78, 5) is 23.6. The van der Waals surface area contributed by atoms with E-state index in [0.29, 0.717) is 5.56 Å². The van der Waals surface area contributed by atoms with Gasteiger partial charge in [0.25, 0.3) is 5.69 Å². The Labute approximate surface area is 172 Å².